The Bertz CT molecular complexity index is 739. The molecule has 0 aromatic carbocycles. The minimum Gasteiger partial charge on any atom is -0.477 e. The Morgan fingerprint density at radius 1 is 1.30 bits per heavy atom. The second-order valence-electron chi connectivity index (χ2n) is 7.86. The van der Waals surface area contributed by atoms with Gasteiger partial charge in [-0.25, -0.2) is 9.78 Å². The molecule has 2 heterocycles. The second-order valence-corrected chi connectivity index (χ2v) is 8.89. The maximum atomic E-state index is 12.7. The molecular weight excluding hydrogens is 366 g/mol. The summed E-state index contributed by atoms with van der Waals surface area (Å²) < 4.78 is 0. The zero-order chi connectivity index (χ0) is 19.7. The molecule has 2 unspecified atom stereocenters. The van der Waals surface area contributed by atoms with E-state index in [2.05, 4.69) is 17.2 Å². The Hall–Kier alpha value is -1.96. The third kappa shape index (κ3) is 4.31. The molecule has 3 rings (SSSR count). The summed E-state index contributed by atoms with van der Waals surface area (Å²) in [5, 5.41) is 12.6. The second kappa shape index (κ2) is 7.96. The number of carbonyl (C=O) groups excluding carboxylic acids is 2. The summed E-state index contributed by atoms with van der Waals surface area (Å²) in [6.45, 7) is 6.17. The number of likely N-dealkylation sites (tertiary alicyclic amines) is 1. The summed E-state index contributed by atoms with van der Waals surface area (Å²) in [6, 6.07) is -0.113. The molecule has 2 N–H and O–H groups in total. The fourth-order valence-electron chi connectivity index (χ4n) is 4.01. The van der Waals surface area contributed by atoms with E-state index < -0.39 is 5.97 Å². The average Bonchev–Trinajstić information content (AvgIpc) is 3.19. The minimum absolute atomic E-state index is 0.0700. The van der Waals surface area contributed by atoms with Crippen LogP contribution in [0.5, 0.6) is 0 Å². The first-order valence-electron chi connectivity index (χ1n) is 9.56. The molecule has 1 aliphatic carbocycles. The third-order valence-corrected chi connectivity index (χ3v) is 7.02. The highest BCUT2D eigenvalue weighted by atomic mass is 32.1. The molecule has 27 heavy (non-hydrogen) atoms. The molecular formula is C19H27N3O4S. The van der Waals surface area contributed by atoms with Crippen LogP contribution in [0.1, 0.15) is 72.4 Å². The number of hydrogen-bond acceptors (Lipinski definition) is 5. The Morgan fingerprint density at radius 2 is 1.96 bits per heavy atom. The van der Waals surface area contributed by atoms with Gasteiger partial charge >= 0.3 is 5.97 Å². The van der Waals surface area contributed by atoms with Gasteiger partial charge in [-0.1, -0.05) is 6.92 Å². The van der Waals surface area contributed by atoms with Crippen LogP contribution in [0.15, 0.2) is 0 Å². The Labute approximate surface area is 163 Å². The number of nitrogens with zero attached hydrogens (tertiary/aromatic N) is 2. The van der Waals surface area contributed by atoms with Gasteiger partial charge in [0.1, 0.15) is 9.88 Å². The molecule has 0 bridgehead atoms. The highest BCUT2D eigenvalue weighted by molar-refractivity contribution is 7.13. The number of carbonyl (C=O) groups is 3. The smallest absolute Gasteiger partial charge is 0.347 e. The molecule has 148 valence electrons. The van der Waals surface area contributed by atoms with Crippen molar-refractivity contribution in [1.82, 2.24) is 15.2 Å². The van der Waals surface area contributed by atoms with E-state index in [-0.39, 0.29) is 41.1 Å². The first kappa shape index (κ1) is 19.8. The van der Waals surface area contributed by atoms with Crippen LogP contribution in [-0.4, -0.2) is 45.4 Å². The predicted octanol–water partition coefficient (Wildman–Crippen LogP) is 2.75. The van der Waals surface area contributed by atoms with E-state index in [0.717, 1.165) is 42.9 Å². The molecule has 1 aromatic heterocycles. The number of aromatic nitrogens is 1. The van der Waals surface area contributed by atoms with Crippen LogP contribution in [0.2, 0.25) is 0 Å². The van der Waals surface area contributed by atoms with Crippen LogP contribution in [-0.2, 0) is 9.59 Å². The van der Waals surface area contributed by atoms with Gasteiger partial charge in [-0.05, 0) is 45.4 Å². The molecule has 1 saturated heterocycles. The summed E-state index contributed by atoms with van der Waals surface area (Å²) >= 11 is 1.08. The van der Waals surface area contributed by atoms with Crippen LogP contribution < -0.4 is 5.32 Å². The highest BCUT2D eigenvalue weighted by Gasteiger charge is 2.39. The van der Waals surface area contributed by atoms with Crippen LogP contribution in [0, 0.1) is 18.8 Å². The van der Waals surface area contributed by atoms with Gasteiger partial charge in [0.25, 0.3) is 0 Å². The van der Waals surface area contributed by atoms with E-state index in [9.17, 15) is 14.4 Å². The molecule has 0 radical (unpaired) electrons. The van der Waals surface area contributed by atoms with Crippen molar-refractivity contribution >= 4 is 29.1 Å². The Kier molecular flexibility index (Phi) is 5.83. The van der Waals surface area contributed by atoms with E-state index in [4.69, 9.17) is 5.11 Å². The fourth-order valence-corrected chi connectivity index (χ4v) is 4.92. The molecule has 2 aliphatic rings. The first-order chi connectivity index (χ1) is 12.8. The van der Waals surface area contributed by atoms with E-state index >= 15 is 0 Å². The van der Waals surface area contributed by atoms with Crippen molar-refractivity contribution < 1.29 is 19.5 Å². The van der Waals surface area contributed by atoms with Gasteiger partial charge in [0.2, 0.25) is 11.8 Å². The normalized spacial score (nSPS) is 26.9. The largest absolute Gasteiger partial charge is 0.477 e. The topological polar surface area (TPSA) is 99.6 Å². The number of hydrogen-bond donors (Lipinski definition) is 2. The van der Waals surface area contributed by atoms with E-state index in [1.54, 1.807) is 13.8 Å². The average molecular weight is 394 g/mol. The first-order valence-corrected chi connectivity index (χ1v) is 10.4. The van der Waals surface area contributed by atoms with Crippen LogP contribution in [0.3, 0.4) is 0 Å². The number of thiazole rings is 1. The van der Waals surface area contributed by atoms with Gasteiger partial charge in [-0.2, -0.15) is 0 Å². The summed E-state index contributed by atoms with van der Waals surface area (Å²) in [5.41, 5.74) is 0.456. The van der Waals surface area contributed by atoms with Gasteiger partial charge in [-0.15, -0.1) is 11.3 Å². The van der Waals surface area contributed by atoms with Gasteiger partial charge in [0, 0.05) is 19.0 Å². The van der Waals surface area contributed by atoms with Crippen molar-refractivity contribution in [3.05, 3.63) is 15.6 Å². The van der Waals surface area contributed by atoms with E-state index in [1.165, 1.54) is 0 Å². The van der Waals surface area contributed by atoms with Crippen LogP contribution in [0.4, 0.5) is 0 Å². The maximum Gasteiger partial charge on any atom is 0.347 e. The van der Waals surface area contributed by atoms with Gasteiger partial charge < -0.3 is 15.3 Å². The van der Waals surface area contributed by atoms with Gasteiger partial charge in [0.15, 0.2) is 0 Å². The number of carboxylic acid groups (broad SMARTS) is 1. The zero-order valence-corrected chi connectivity index (χ0v) is 16.8. The molecule has 1 aromatic rings. The molecule has 2 atom stereocenters. The zero-order valence-electron chi connectivity index (χ0n) is 16.0. The van der Waals surface area contributed by atoms with Crippen LogP contribution >= 0.6 is 11.3 Å². The Balaban J connectivity index is 1.59. The molecule has 7 nitrogen and oxygen atoms in total. The SMILES string of the molecule is Cc1nc(C(C)NC(=O)C2CC(=O)N(C3CCC(C)CC3)C2)sc1C(=O)O. The number of rotatable bonds is 5. The lowest BCUT2D eigenvalue weighted by molar-refractivity contribution is -0.131. The standard InChI is InChI=1S/C19H27N3O4S/c1-10-4-6-14(7-5-10)22-9-13(8-15(22)23)17(24)20-12(3)18-21-11(2)16(27-18)19(25)26/h10,12-14H,4-9H2,1-3H3,(H,20,24)(H,25,26). The number of carboxylic acids is 1. The van der Waals surface area contributed by atoms with Crippen molar-refractivity contribution in [2.24, 2.45) is 11.8 Å². The third-order valence-electron chi connectivity index (χ3n) is 5.69. The minimum atomic E-state index is -1.01. The number of amides is 2. The van der Waals surface area contributed by atoms with Crippen molar-refractivity contribution in [3.8, 4) is 0 Å². The number of nitrogens with one attached hydrogen (secondary N) is 1. The highest BCUT2D eigenvalue weighted by Crippen LogP contribution is 2.31. The predicted molar refractivity (Wildman–Crippen MR) is 102 cm³/mol. The summed E-state index contributed by atoms with van der Waals surface area (Å²) in [7, 11) is 0. The molecule has 8 heteroatoms. The quantitative estimate of drug-likeness (QED) is 0.801. The van der Waals surface area contributed by atoms with E-state index in [1.807, 2.05) is 4.90 Å². The summed E-state index contributed by atoms with van der Waals surface area (Å²) in [6.07, 6.45) is 4.57. The number of aromatic carboxylic acids is 1. The maximum absolute atomic E-state index is 12.7. The van der Waals surface area contributed by atoms with Crippen molar-refractivity contribution in [3.63, 3.8) is 0 Å². The lowest BCUT2D eigenvalue weighted by Crippen LogP contribution is -2.40. The fraction of sp³-hybridized carbons (Fsp3) is 0.684. The van der Waals surface area contributed by atoms with Crippen LogP contribution in [0.25, 0.3) is 0 Å². The Morgan fingerprint density at radius 3 is 2.56 bits per heavy atom. The molecule has 2 amide bonds. The lowest BCUT2D eigenvalue weighted by Gasteiger charge is -2.33. The van der Waals surface area contributed by atoms with E-state index in [0.29, 0.717) is 17.2 Å². The monoisotopic (exact) mass is 393 g/mol. The van der Waals surface area contributed by atoms with Gasteiger partial charge in [0.05, 0.1) is 17.7 Å². The number of aryl methyl sites for hydroxylation is 1. The van der Waals surface area contributed by atoms with Crippen molar-refractivity contribution in [2.45, 2.75) is 65.0 Å². The lowest BCUT2D eigenvalue weighted by atomic mass is 9.87. The molecule has 1 aliphatic heterocycles. The molecule has 0 spiro atoms. The summed E-state index contributed by atoms with van der Waals surface area (Å²) in [5.74, 6) is -0.725. The summed E-state index contributed by atoms with van der Waals surface area (Å²) in [4.78, 5) is 42.6. The molecule has 1 saturated carbocycles. The molecule has 2 fully saturated rings. The van der Waals surface area contributed by atoms with Crippen molar-refractivity contribution in [1.29, 1.82) is 0 Å². The van der Waals surface area contributed by atoms with Crippen molar-refractivity contribution in [2.75, 3.05) is 6.54 Å². The van der Waals surface area contributed by atoms with Gasteiger partial charge in [-0.3, -0.25) is 9.59 Å².